The van der Waals surface area contributed by atoms with Gasteiger partial charge in [0.1, 0.15) is 11.3 Å². The lowest BCUT2D eigenvalue weighted by atomic mass is 10.2. The third-order valence-electron chi connectivity index (χ3n) is 4.93. The number of aryl methyl sites for hydroxylation is 1. The van der Waals surface area contributed by atoms with Gasteiger partial charge in [0.25, 0.3) is 5.91 Å². The SMILES string of the molecule is Cc1ccc2nc(-c3ccc(Cl)c(NC(=S)NC(=O)c4ccc(OCC(C)C)cc4)c3)oc2c1. The predicted molar refractivity (Wildman–Crippen MR) is 140 cm³/mol. The Balaban J connectivity index is 1.43. The zero-order valence-corrected chi connectivity index (χ0v) is 20.6. The van der Waals surface area contributed by atoms with E-state index in [4.69, 9.17) is 33.0 Å². The first kappa shape index (κ1) is 23.7. The third kappa shape index (κ3) is 5.73. The van der Waals surface area contributed by atoms with Gasteiger partial charge in [0, 0.05) is 11.1 Å². The van der Waals surface area contributed by atoms with Crippen LogP contribution in [-0.2, 0) is 0 Å². The van der Waals surface area contributed by atoms with Crippen LogP contribution in [0.2, 0.25) is 5.02 Å². The highest BCUT2D eigenvalue weighted by atomic mass is 35.5. The van der Waals surface area contributed by atoms with Crippen molar-refractivity contribution in [1.29, 1.82) is 0 Å². The van der Waals surface area contributed by atoms with Gasteiger partial charge in [-0.1, -0.05) is 31.5 Å². The van der Waals surface area contributed by atoms with E-state index >= 15 is 0 Å². The van der Waals surface area contributed by atoms with Crippen molar-refractivity contribution in [2.24, 2.45) is 5.92 Å². The van der Waals surface area contributed by atoms with E-state index in [9.17, 15) is 4.79 Å². The first-order valence-electron chi connectivity index (χ1n) is 10.8. The molecule has 8 heteroatoms. The average Bonchev–Trinajstić information content (AvgIpc) is 3.22. The van der Waals surface area contributed by atoms with Crippen LogP contribution in [0.3, 0.4) is 0 Å². The van der Waals surface area contributed by atoms with Gasteiger partial charge in [-0.3, -0.25) is 10.1 Å². The van der Waals surface area contributed by atoms with E-state index in [0.29, 0.717) is 46.0 Å². The van der Waals surface area contributed by atoms with Crippen LogP contribution < -0.4 is 15.4 Å². The van der Waals surface area contributed by atoms with Crippen molar-refractivity contribution in [3.63, 3.8) is 0 Å². The number of carbonyl (C=O) groups excluding carboxylic acids is 1. The van der Waals surface area contributed by atoms with E-state index in [-0.39, 0.29) is 11.0 Å². The molecule has 0 spiro atoms. The van der Waals surface area contributed by atoms with Crippen molar-refractivity contribution in [1.82, 2.24) is 10.3 Å². The molecule has 4 rings (SSSR count). The molecule has 0 atom stereocenters. The molecule has 1 aromatic heterocycles. The molecule has 0 unspecified atom stereocenters. The number of hydrogen-bond acceptors (Lipinski definition) is 5. The molecular formula is C26H24ClN3O3S. The van der Waals surface area contributed by atoms with Crippen LogP contribution in [0, 0.1) is 12.8 Å². The molecule has 2 N–H and O–H groups in total. The number of fused-ring (bicyclic) bond motifs is 1. The number of rotatable bonds is 6. The lowest BCUT2D eigenvalue weighted by Gasteiger charge is -2.12. The zero-order chi connectivity index (χ0) is 24.2. The van der Waals surface area contributed by atoms with Crippen LogP contribution in [0.25, 0.3) is 22.6 Å². The zero-order valence-electron chi connectivity index (χ0n) is 19.0. The topological polar surface area (TPSA) is 76.4 Å². The van der Waals surface area contributed by atoms with E-state index in [1.54, 1.807) is 36.4 Å². The highest BCUT2D eigenvalue weighted by Gasteiger charge is 2.13. The fraction of sp³-hybridized carbons (Fsp3) is 0.192. The first-order chi connectivity index (χ1) is 16.3. The van der Waals surface area contributed by atoms with E-state index < -0.39 is 0 Å². The molecule has 0 fully saturated rings. The molecule has 34 heavy (non-hydrogen) atoms. The Morgan fingerprint density at radius 1 is 1.12 bits per heavy atom. The van der Waals surface area contributed by atoms with E-state index in [0.717, 1.165) is 16.6 Å². The van der Waals surface area contributed by atoms with Crippen molar-refractivity contribution in [3.8, 4) is 17.2 Å². The second-order valence-corrected chi connectivity index (χ2v) is 9.14. The van der Waals surface area contributed by atoms with Gasteiger partial charge in [0.05, 0.1) is 17.3 Å². The maximum Gasteiger partial charge on any atom is 0.257 e. The highest BCUT2D eigenvalue weighted by Crippen LogP contribution is 2.30. The average molecular weight is 494 g/mol. The normalized spacial score (nSPS) is 11.0. The number of nitrogens with one attached hydrogen (secondary N) is 2. The molecule has 1 amide bonds. The minimum atomic E-state index is -0.338. The largest absolute Gasteiger partial charge is 0.493 e. The fourth-order valence-electron chi connectivity index (χ4n) is 3.20. The minimum absolute atomic E-state index is 0.123. The summed E-state index contributed by atoms with van der Waals surface area (Å²) in [6.45, 7) is 6.76. The number of oxazole rings is 1. The maximum absolute atomic E-state index is 12.6. The van der Waals surface area contributed by atoms with Crippen LogP contribution in [0.15, 0.2) is 65.1 Å². The number of carbonyl (C=O) groups is 1. The summed E-state index contributed by atoms with van der Waals surface area (Å²) in [5, 5.41) is 6.22. The Kier molecular flexibility index (Phi) is 7.14. The second-order valence-electron chi connectivity index (χ2n) is 8.32. The summed E-state index contributed by atoms with van der Waals surface area (Å²) in [7, 11) is 0. The number of ether oxygens (including phenoxy) is 1. The van der Waals surface area contributed by atoms with Crippen LogP contribution in [0.1, 0.15) is 29.8 Å². The molecule has 4 aromatic rings. The number of thiocarbonyl (C=S) groups is 1. The number of anilines is 1. The van der Waals surface area contributed by atoms with Gasteiger partial charge in [0.15, 0.2) is 10.7 Å². The quantitative estimate of drug-likeness (QED) is 0.294. The Bertz CT molecular complexity index is 1350. The lowest BCUT2D eigenvalue weighted by molar-refractivity contribution is 0.0977. The summed E-state index contributed by atoms with van der Waals surface area (Å²) in [6.07, 6.45) is 0. The summed E-state index contributed by atoms with van der Waals surface area (Å²) >= 11 is 11.7. The van der Waals surface area contributed by atoms with Gasteiger partial charge in [-0.25, -0.2) is 4.98 Å². The molecule has 0 aliphatic carbocycles. The highest BCUT2D eigenvalue weighted by molar-refractivity contribution is 7.80. The Morgan fingerprint density at radius 2 is 1.88 bits per heavy atom. The van der Waals surface area contributed by atoms with Crippen LogP contribution in [0.4, 0.5) is 5.69 Å². The maximum atomic E-state index is 12.6. The molecule has 3 aromatic carbocycles. The molecule has 0 aliphatic heterocycles. The van der Waals surface area contributed by atoms with Gasteiger partial charge in [0.2, 0.25) is 5.89 Å². The van der Waals surface area contributed by atoms with Crippen molar-refractivity contribution in [2.75, 3.05) is 11.9 Å². The van der Waals surface area contributed by atoms with Crippen molar-refractivity contribution >= 4 is 51.6 Å². The standard InChI is InChI=1S/C26H24ClN3O3S/c1-15(2)14-32-19-8-5-17(6-9-19)24(31)30-26(34)29-22-13-18(7-10-20(22)27)25-28-21-11-4-16(3)12-23(21)33-25/h4-13,15H,14H2,1-3H3,(H2,29,30,31,34). The Hall–Kier alpha value is -3.42. The van der Waals surface area contributed by atoms with Gasteiger partial charge >= 0.3 is 0 Å². The fourth-order valence-corrected chi connectivity index (χ4v) is 3.57. The number of nitrogens with zero attached hydrogens (tertiary/aromatic N) is 1. The van der Waals surface area contributed by atoms with Crippen molar-refractivity contribution < 1.29 is 13.9 Å². The summed E-state index contributed by atoms with van der Waals surface area (Å²) < 4.78 is 11.6. The smallest absolute Gasteiger partial charge is 0.257 e. The number of halogens is 1. The molecule has 174 valence electrons. The number of benzene rings is 3. The number of aromatic nitrogens is 1. The Morgan fingerprint density at radius 3 is 2.62 bits per heavy atom. The van der Waals surface area contributed by atoms with Crippen molar-refractivity contribution in [3.05, 3.63) is 76.8 Å². The molecule has 0 saturated heterocycles. The first-order valence-corrected chi connectivity index (χ1v) is 11.6. The molecule has 0 bridgehead atoms. The number of hydrogen-bond donors (Lipinski definition) is 2. The van der Waals surface area contributed by atoms with E-state index in [1.807, 2.05) is 31.2 Å². The van der Waals surface area contributed by atoms with Crippen LogP contribution >= 0.6 is 23.8 Å². The van der Waals surface area contributed by atoms with Gasteiger partial charge in [-0.05, 0) is 85.2 Å². The monoisotopic (exact) mass is 493 g/mol. The van der Waals surface area contributed by atoms with Crippen LogP contribution in [0.5, 0.6) is 5.75 Å². The van der Waals surface area contributed by atoms with Gasteiger partial charge in [-0.15, -0.1) is 0 Å². The van der Waals surface area contributed by atoms with Crippen molar-refractivity contribution in [2.45, 2.75) is 20.8 Å². The summed E-state index contributed by atoms with van der Waals surface area (Å²) in [5.41, 5.74) is 4.29. The summed E-state index contributed by atoms with van der Waals surface area (Å²) in [4.78, 5) is 17.1. The molecule has 0 aliphatic rings. The van der Waals surface area contributed by atoms with Gasteiger partial charge < -0.3 is 14.5 Å². The van der Waals surface area contributed by atoms with Crippen LogP contribution in [-0.4, -0.2) is 22.6 Å². The molecule has 1 heterocycles. The van der Waals surface area contributed by atoms with E-state index in [2.05, 4.69) is 29.5 Å². The predicted octanol–water partition coefficient (Wildman–Crippen LogP) is 6.62. The summed E-state index contributed by atoms with van der Waals surface area (Å²) in [6, 6.07) is 18.1. The third-order valence-corrected chi connectivity index (χ3v) is 5.47. The lowest BCUT2D eigenvalue weighted by Crippen LogP contribution is -2.34. The minimum Gasteiger partial charge on any atom is -0.493 e. The van der Waals surface area contributed by atoms with E-state index in [1.165, 1.54) is 0 Å². The second kappa shape index (κ2) is 10.2. The molecular weight excluding hydrogens is 470 g/mol. The number of amides is 1. The van der Waals surface area contributed by atoms with Gasteiger partial charge in [-0.2, -0.15) is 0 Å². The molecule has 0 saturated carbocycles. The molecule has 6 nitrogen and oxygen atoms in total. The molecule has 0 radical (unpaired) electrons. The Labute approximate surface area is 208 Å². The summed E-state index contributed by atoms with van der Waals surface area (Å²) in [5.74, 6) is 1.26.